The van der Waals surface area contributed by atoms with Gasteiger partial charge in [0, 0.05) is 48.7 Å². The minimum Gasteiger partial charge on any atom is -0.356 e. The summed E-state index contributed by atoms with van der Waals surface area (Å²) in [6.07, 6.45) is 8.24. The van der Waals surface area contributed by atoms with Gasteiger partial charge in [0.25, 0.3) is 0 Å². The summed E-state index contributed by atoms with van der Waals surface area (Å²) in [5, 5.41) is 2.75. The van der Waals surface area contributed by atoms with E-state index >= 15 is 0 Å². The highest BCUT2D eigenvalue weighted by Crippen LogP contribution is 2.15. The molecule has 0 bridgehead atoms. The predicted octanol–water partition coefficient (Wildman–Crippen LogP) is 2.81. The van der Waals surface area contributed by atoms with Gasteiger partial charge in [0.2, 0.25) is 5.91 Å². The first-order chi connectivity index (χ1) is 14.0. The summed E-state index contributed by atoms with van der Waals surface area (Å²) in [5.41, 5.74) is 3.16. The van der Waals surface area contributed by atoms with Gasteiger partial charge in [0.15, 0.2) is 5.82 Å². The first-order valence-corrected chi connectivity index (χ1v) is 8.91. The number of aromatic nitrogens is 4. The lowest BCUT2D eigenvalue weighted by Gasteiger charge is -2.13. The molecule has 3 rings (SSSR count). The van der Waals surface area contributed by atoms with Crippen LogP contribution >= 0.6 is 0 Å². The summed E-state index contributed by atoms with van der Waals surface area (Å²) in [6, 6.07) is 9.02. The van der Waals surface area contributed by atoms with Gasteiger partial charge in [-0.1, -0.05) is 6.58 Å². The van der Waals surface area contributed by atoms with E-state index in [1.807, 2.05) is 25.1 Å². The fourth-order valence-corrected chi connectivity index (χ4v) is 2.47. The number of aliphatic imine (C=N–C) groups is 1. The molecule has 0 saturated heterocycles. The zero-order valence-electron chi connectivity index (χ0n) is 16.3. The highest BCUT2D eigenvalue weighted by atomic mass is 16.2. The molecule has 0 aromatic carbocycles. The number of aryl methyl sites for hydroxylation is 1. The van der Waals surface area contributed by atoms with Crippen molar-refractivity contribution in [2.45, 2.75) is 6.92 Å². The van der Waals surface area contributed by atoms with Crippen LogP contribution in [0.25, 0.3) is 17.1 Å². The van der Waals surface area contributed by atoms with E-state index in [2.05, 4.69) is 36.8 Å². The Bertz CT molecular complexity index is 1020. The number of anilines is 1. The first-order valence-electron chi connectivity index (χ1n) is 8.91. The Balaban J connectivity index is 1.53. The Morgan fingerprint density at radius 3 is 2.66 bits per heavy atom. The summed E-state index contributed by atoms with van der Waals surface area (Å²) in [4.78, 5) is 34.9. The molecule has 29 heavy (non-hydrogen) atoms. The molecule has 0 aliphatic heterocycles. The monoisotopic (exact) mass is 387 g/mol. The summed E-state index contributed by atoms with van der Waals surface area (Å²) in [7, 11) is 1.76. The van der Waals surface area contributed by atoms with Gasteiger partial charge in [-0.05, 0) is 37.3 Å². The van der Waals surface area contributed by atoms with E-state index in [4.69, 9.17) is 0 Å². The second kappa shape index (κ2) is 9.32. The molecular formula is C21H21N7O. The third-order valence-electron chi connectivity index (χ3n) is 3.89. The van der Waals surface area contributed by atoms with Crippen molar-refractivity contribution >= 4 is 23.8 Å². The van der Waals surface area contributed by atoms with Crippen LogP contribution in [0.4, 0.5) is 5.82 Å². The van der Waals surface area contributed by atoms with E-state index in [9.17, 15) is 4.79 Å². The van der Waals surface area contributed by atoms with Gasteiger partial charge in [0.1, 0.15) is 5.82 Å². The zero-order chi connectivity index (χ0) is 20.6. The minimum atomic E-state index is -0.208. The normalized spacial score (nSPS) is 10.7. The standard InChI is InChI=1S/C21H21N7O/c1-15-11-17(7-10-22-15)16(2)26-14-28(3)13-20(29)27-19-6-5-18(12-25-19)21-23-8-4-9-24-21/h4-12,14H,2,13H2,1,3H3,(H,25,27,29). The lowest BCUT2D eigenvalue weighted by atomic mass is 10.2. The fourth-order valence-electron chi connectivity index (χ4n) is 2.47. The van der Waals surface area contributed by atoms with Gasteiger partial charge in [-0.25, -0.2) is 19.9 Å². The smallest absolute Gasteiger partial charge is 0.245 e. The number of hydrogen-bond acceptors (Lipinski definition) is 6. The molecule has 3 heterocycles. The van der Waals surface area contributed by atoms with Crippen LogP contribution in [0.5, 0.6) is 0 Å². The number of rotatable bonds is 7. The number of hydrogen-bond donors (Lipinski definition) is 1. The Hall–Kier alpha value is -3.94. The quantitative estimate of drug-likeness (QED) is 0.495. The maximum absolute atomic E-state index is 12.2. The van der Waals surface area contributed by atoms with Crippen molar-refractivity contribution in [3.63, 3.8) is 0 Å². The van der Waals surface area contributed by atoms with Crippen molar-refractivity contribution in [1.82, 2.24) is 24.8 Å². The maximum atomic E-state index is 12.2. The largest absolute Gasteiger partial charge is 0.356 e. The van der Waals surface area contributed by atoms with E-state index in [1.54, 1.807) is 55.2 Å². The minimum absolute atomic E-state index is 0.122. The van der Waals surface area contributed by atoms with Crippen LogP contribution in [0, 0.1) is 6.92 Å². The number of carbonyl (C=O) groups is 1. The van der Waals surface area contributed by atoms with Gasteiger partial charge >= 0.3 is 0 Å². The van der Waals surface area contributed by atoms with Crippen LogP contribution in [0.15, 0.2) is 66.7 Å². The van der Waals surface area contributed by atoms with Gasteiger partial charge in [0.05, 0.1) is 18.6 Å². The Labute approximate surface area is 169 Å². The molecule has 1 amide bonds. The van der Waals surface area contributed by atoms with Crippen LogP contribution in [0.2, 0.25) is 0 Å². The van der Waals surface area contributed by atoms with E-state index in [0.29, 0.717) is 17.3 Å². The van der Waals surface area contributed by atoms with E-state index in [-0.39, 0.29) is 12.5 Å². The molecule has 0 spiro atoms. The zero-order valence-corrected chi connectivity index (χ0v) is 16.3. The fraction of sp³-hybridized carbons (Fsp3) is 0.143. The average Bonchev–Trinajstić information content (AvgIpc) is 2.73. The number of likely N-dealkylation sites (N-methyl/N-ethyl adjacent to an activating group) is 1. The highest BCUT2D eigenvalue weighted by Gasteiger charge is 2.07. The van der Waals surface area contributed by atoms with Crippen LogP contribution < -0.4 is 5.32 Å². The molecular weight excluding hydrogens is 366 g/mol. The van der Waals surface area contributed by atoms with Crippen LogP contribution in [0.1, 0.15) is 11.3 Å². The van der Waals surface area contributed by atoms with Crippen molar-refractivity contribution in [3.05, 3.63) is 73.0 Å². The second-order valence-corrected chi connectivity index (χ2v) is 6.34. The summed E-state index contributed by atoms with van der Waals surface area (Å²) in [5.74, 6) is 0.829. The van der Waals surface area contributed by atoms with Crippen LogP contribution in [-0.2, 0) is 4.79 Å². The lowest BCUT2D eigenvalue weighted by Crippen LogP contribution is -2.29. The van der Waals surface area contributed by atoms with E-state index in [0.717, 1.165) is 16.8 Å². The maximum Gasteiger partial charge on any atom is 0.245 e. The van der Waals surface area contributed by atoms with Gasteiger partial charge in [-0.2, -0.15) is 0 Å². The number of pyridine rings is 2. The Morgan fingerprint density at radius 1 is 1.17 bits per heavy atom. The van der Waals surface area contributed by atoms with Gasteiger partial charge < -0.3 is 10.2 Å². The molecule has 0 aliphatic rings. The van der Waals surface area contributed by atoms with Crippen LogP contribution in [0.3, 0.4) is 0 Å². The van der Waals surface area contributed by atoms with Gasteiger partial charge in [-0.3, -0.25) is 9.78 Å². The van der Waals surface area contributed by atoms with E-state index in [1.165, 1.54) is 0 Å². The molecule has 1 N–H and O–H groups in total. The van der Waals surface area contributed by atoms with Crippen LogP contribution in [-0.4, -0.2) is 50.7 Å². The van der Waals surface area contributed by atoms with Crippen molar-refractivity contribution in [2.24, 2.45) is 4.99 Å². The van der Waals surface area contributed by atoms with Crippen molar-refractivity contribution in [3.8, 4) is 11.4 Å². The lowest BCUT2D eigenvalue weighted by molar-refractivity contribution is -0.116. The average molecular weight is 387 g/mol. The first kappa shape index (κ1) is 19.8. The topological polar surface area (TPSA) is 96.3 Å². The molecule has 0 saturated carbocycles. The third kappa shape index (κ3) is 5.77. The molecule has 0 aliphatic carbocycles. The van der Waals surface area contributed by atoms with Gasteiger partial charge in [-0.15, -0.1) is 0 Å². The van der Waals surface area contributed by atoms with Crippen molar-refractivity contribution in [1.29, 1.82) is 0 Å². The number of nitrogens with one attached hydrogen (secondary N) is 1. The summed E-state index contributed by atoms with van der Waals surface area (Å²) in [6.45, 7) is 5.97. The highest BCUT2D eigenvalue weighted by molar-refractivity contribution is 5.92. The molecule has 0 unspecified atom stereocenters. The van der Waals surface area contributed by atoms with Crippen molar-refractivity contribution in [2.75, 3.05) is 18.9 Å². The molecule has 8 nitrogen and oxygen atoms in total. The number of carbonyl (C=O) groups excluding carboxylic acids is 1. The predicted molar refractivity (Wildman–Crippen MR) is 113 cm³/mol. The second-order valence-electron chi connectivity index (χ2n) is 6.34. The molecule has 3 aromatic heterocycles. The van der Waals surface area contributed by atoms with E-state index < -0.39 is 0 Å². The van der Waals surface area contributed by atoms with Crippen molar-refractivity contribution < 1.29 is 4.79 Å². The molecule has 8 heteroatoms. The summed E-state index contributed by atoms with van der Waals surface area (Å²) < 4.78 is 0. The Morgan fingerprint density at radius 2 is 1.97 bits per heavy atom. The number of amides is 1. The summed E-state index contributed by atoms with van der Waals surface area (Å²) >= 11 is 0. The molecule has 0 atom stereocenters. The molecule has 3 aromatic rings. The molecule has 0 fully saturated rings. The SMILES string of the molecule is C=C(N=CN(C)CC(=O)Nc1ccc(-c2ncccn2)cn1)c1ccnc(C)c1. The molecule has 0 radical (unpaired) electrons. The number of nitrogens with zero attached hydrogens (tertiary/aromatic N) is 6. The third-order valence-corrected chi connectivity index (χ3v) is 3.89. The Kier molecular flexibility index (Phi) is 6.36. The molecule has 146 valence electrons.